The molecule has 0 amide bonds. The molecule has 0 radical (unpaired) electrons. The van der Waals surface area contributed by atoms with Gasteiger partial charge in [-0.25, -0.2) is 0 Å². The largest absolute Gasteiger partial charge is 0.756 e. The first kappa shape index (κ1) is 75.6. The quantitative estimate of drug-likeness (QED) is 0.0195. The molecule has 0 aliphatic rings. The first-order valence-electron chi connectivity index (χ1n) is 31.2. The summed E-state index contributed by atoms with van der Waals surface area (Å²) in [6.45, 7) is 3.97. The second-order valence-corrected chi connectivity index (χ2v) is 22.7. The van der Waals surface area contributed by atoms with Crippen molar-refractivity contribution < 1.29 is 42.1 Å². The number of phosphoric ester groups is 1. The van der Waals surface area contributed by atoms with Gasteiger partial charge < -0.3 is 27.9 Å². The van der Waals surface area contributed by atoms with Crippen LogP contribution in [0.4, 0.5) is 0 Å². The molecule has 0 N–H and O–H groups in total. The summed E-state index contributed by atoms with van der Waals surface area (Å²) < 4.78 is 34.2. The van der Waals surface area contributed by atoms with Crippen LogP contribution in [-0.4, -0.2) is 70.0 Å². The number of allylic oxidation sites excluding steroid dienone is 26. The van der Waals surface area contributed by atoms with Gasteiger partial charge in [-0.15, -0.1) is 0 Å². The molecular weight excluding hydrogens is 1010 g/mol. The third kappa shape index (κ3) is 62.8. The number of carbonyl (C=O) groups excluding carboxylic acids is 2. The maximum atomic E-state index is 12.8. The lowest BCUT2D eigenvalue weighted by Crippen LogP contribution is -2.37. The van der Waals surface area contributed by atoms with Crippen molar-refractivity contribution in [2.45, 2.75) is 225 Å². The van der Waals surface area contributed by atoms with Crippen molar-refractivity contribution in [2.75, 3.05) is 47.5 Å². The molecule has 0 aliphatic carbocycles. The lowest BCUT2D eigenvalue weighted by atomic mass is 10.1. The second-order valence-electron chi connectivity index (χ2n) is 21.3. The highest BCUT2D eigenvalue weighted by molar-refractivity contribution is 7.45. The number of hydrogen-bond donors (Lipinski definition) is 0. The molecule has 2 unspecified atom stereocenters. The summed E-state index contributed by atoms with van der Waals surface area (Å²) >= 11 is 0. The highest BCUT2D eigenvalue weighted by Crippen LogP contribution is 2.38. The van der Waals surface area contributed by atoms with Crippen molar-refractivity contribution in [1.29, 1.82) is 0 Å². The summed E-state index contributed by atoms with van der Waals surface area (Å²) in [6.07, 6.45) is 88.6. The predicted molar refractivity (Wildman–Crippen MR) is 341 cm³/mol. The Kier molecular flexibility index (Phi) is 56.0. The van der Waals surface area contributed by atoms with E-state index in [2.05, 4.69) is 172 Å². The van der Waals surface area contributed by atoms with Crippen LogP contribution in [0.2, 0.25) is 0 Å². The van der Waals surface area contributed by atoms with Gasteiger partial charge >= 0.3 is 11.9 Å². The zero-order valence-electron chi connectivity index (χ0n) is 51.2. The van der Waals surface area contributed by atoms with Crippen molar-refractivity contribution >= 4 is 19.8 Å². The minimum absolute atomic E-state index is 0.0440. The van der Waals surface area contributed by atoms with Gasteiger partial charge in [-0.05, 0) is 122 Å². The van der Waals surface area contributed by atoms with Crippen LogP contribution in [0.5, 0.6) is 0 Å². The van der Waals surface area contributed by atoms with E-state index in [1.54, 1.807) is 0 Å². The maximum Gasteiger partial charge on any atom is 0.306 e. The fourth-order valence-electron chi connectivity index (χ4n) is 7.82. The Balaban J connectivity index is 4.23. The molecule has 0 aromatic carbocycles. The molecule has 0 aromatic rings. The van der Waals surface area contributed by atoms with Crippen LogP contribution in [0.25, 0.3) is 0 Å². The maximum absolute atomic E-state index is 12.8. The third-order valence-corrected chi connectivity index (χ3v) is 13.5. The molecule has 10 heteroatoms. The van der Waals surface area contributed by atoms with E-state index >= 15 is 0 Å². The van der Waals surface area contributed by atoms with Crippen LogP contribution in [-0.2, 0) is 32.7 Å². The highest BCUT2D eigenvalue weighted by atomic mass is 31.2. The van der Waals surface area contributed by atoms with Gasteiger partial charge in [0.05, 0.1) is 27.7 Å². The summed E-state index contributed by atoms with van der Waals surface area (Å²) in [5.41, 5.74) is 0. The molecule has 2 atom stereocenters. The number of esters is 2. The van der Waals surface area contributed by atoms with E-state index in [9.17, 15) is 19.0 Å². The van der Waals surface area contributed by atoms with E-state index in [1.807, 2.05) is 21.1 Å². The van der Waals surface area contributed by atoms with Gasteiger partial charge in [0, 0.05) is 12.8 Å². The molecule has 80 heavy (non-hydrogen) atoms. The Labute approximate surface area is 490 Å². The Hall–Kier alpha value is -4.37. The van der Waals surface area contributed by atoms with Crippen LogP contribution < -0.4 is 4.89 Å². The summed E-state index contributed by atoms with van der Waals surface area (Å²) in [6, 6.07) is 0. The van der Waals surface area contributed by atoms with E-state index in [4.69, 9.17) is 18.5 Å². The van der Waals surface area contributed by atoms with Crippen LogP contribution in [0.15, 0.2) is 158 Å². The Morgan fingerprint density at radius 2 is 0.675 bits per heavy atom. The van der Waals surface area contributed by atoms with Crippen molar-refractivity contribution in [1.82, 2.24) is 0 Å². The van der Waals surface area contributed by atoms with Crippen molar-refractivity contribution in [2.24, 2.45) is 0 Å². The number of quaternary nitrogens is 1. The lowest BCUT2D eigenvalue weighted by molar-refractivity contribution is -0.870. The van der Waals surface area contributed by atoms with Crippen LogP contribution in [0.3, 0.4) is 0 Å². The highest BCUT2D eigenvalue weighted by Gasteiger charge is 2.22. The molecule has 0 spiro atoms. The predicted octanol–water partition coefficient (Wildman–Crippen LogP) is 19.4. The number of phosphoric acid groups is 1. The Morgan fingerprint density at radius 3 is 1.00 bits per heavy atom. The van der Waals surface area contributed by atoms with Gasteiger partial charge in [0.2, 0.25) is 0 Å². The molecule has 0 saturated carbocycles. The number of ether oxygens (including phenoxy) is 2. The normalized spacial score (nSPS) is 14.3. The Morgan fingerprint density at radius 1 is 0.388 bits per heavy atom. The molecule has 0 aliphatic heterocycles. The van der Waals surface area contributed by atoms with Gasteiger partial charge in [0.15, 0.2) is 6.10 Å². The molecule has 9 nitrogen and oxygen atoms in total. The summed E-state index contributed by atoms with van der Waals surface area (Å²) in [5, 5.41) is 0. The van der Waals surface area contributed by atoms with E-state index in [0.29, 0.717) is 23.9 Å². The summed E-state index contributed by atoms with van der Waals surface area (Å²) in [5.74, 6) is -0.869. The standard InChI is InChI=1S/C70H114NO8P/c1-6-8-10-12-14-16-18-20-22-24-26-28-30-32-33-34-35-36-37-39-41-43-45-47-49-51-53-55-57-59-61-63-70(73)79-68(67-78-80(74,75)77-65-64-71(3,4)5)66-76-69(72)62-60-58-56-54-52-50-48-46-44-42-40-38-31-29-27-25-23-21-19-17-15-13-11-9-7-2/h8-11,14-17,20-23,26-29,32-33,35-36,38-41,44,46,68H,6-7,12-13,18-19,24-25,30-31,34,37,42-43,45,47-67H2,1-5H3/b10-8-,11-9-,16-14-,17-15-,22-20-,23-21-,28-26-,29-27-,33-32-,36-35-,40-38-,41-39-,46-44-. The second kappa shape index (κ2) is 59.3. The number of nitrogens with zero attached hydrogens (tertiary/aromatic N) is 1. The number of unbranched alkanes of at least 4 members (excludes halogenated alkanes) is 15. The van der Waals surface area contributed by atoms with E-state index in [-0.39, 0.29) is 26.1 Å². The first-order valence-corrected chi connectivity index (χ1v) is 32.7. The zero-order chi connectivity index (χ0) is 58.4. The van der Waals surface area contributed by atoms with E-state index < -0.39 is 32.5 Å². The fourth-order valence-corrected chi connectivity index (χ4v) is 8.54. The monoisotopic (exact) mass is 1130 g/mol. The third-order valence-electron chi connectivity index (χ3n) is 12.5. The molecule has 0 heterocycles. The lowest BCUT2D eigenvalue weighted by Gasteiger charge is -2.28. The SMILES string of the molecule is CC/C=C\C/C=C\C/C=C\C/C=C\C/C=C\C/C=C\C/C=C\CCCCCCCCCCCC(=O)OC(COC(=O)CCCCCCCC/C=C\C/C=C\C/C=C\C/C=C\C/C=C\C/C=C\CC)COP(=O)([O-])OCC[N+](C)(C)C. The van der Waals surface area contributed by atoms with Crippen molar-refractivity contribution in [3.63, 3.8) is 0 Å². The average molecular weight is 1130 g/mol. The fraction of sp³-hybridized carbons (Fsp3) is 0.600. The Bertz CT molecular complexity index is 1900. The molecule has 0 rings (SSSR count). The molecular formula is C70H114NO8P. The van der Waals surface area contributed by atoms with E-state index in [0.717, 1.165) is 148 Å². The molecule has 452 valence electrons. The van der Waals surface area contributed by atoms with E-state index in [1.165, 1.54) is 32.1 Å². The van der Waals surface area contributed by atoms with Gasteiger partial charge in [-0.3, -0.25) is 14.2 Å². The van der Waals surface area contributed by atoms with Crippen LogP contribution in [0, 0.1) is 0 Å². The van der Waals surface area contributed by atoms with Crippen LogP contribution >= 0.6 is 7.82 Å². The molecule has 0 saturated heterocycles. The van der Waals surface area contributed by atoms with Gasteiger partial charge in [0.25, 0.3) is 7.82 Å². The molecule has 0 bridgehead atoms. The minimum Gasteiger partial charge on any atom is -0.756 e. The number of hydrogen-bond acceptors (Lipinski definition) is 8. The topological polar surface area (TPSA) is 111 Å². The number of likely N-dealkylation sites (N-methyl/N-ethyl adjacent to an activating group) is 1. The van der Waals surface area contributed by atoms with Gasteiger partial charge in [0.1, 0.15) is 19.8 Å². The molecule has 0 fully saturated rings. The first-order chi connectivity index (χ1) is 39.0. The van der Waals surface area contributed by atoms with Gasteiger partial charge in [-0.2, -0.15) is 0 Å². The summed E-state index contributed by atoms with van der Waals surface area (Å²) in [7, 11) is 1.13. The summed E-state index contributed by atoms with van der Waals surface area (Å²) in [4.78, 5) is 38.0. The van der Waals surface area contributed by atoms with Crippen LogP contribution in [0.1, 0.15) is 219 Å². The van der Waals surface area contributed by atoms with Crippen molar-refractivity contribution in [3.8, 4) is 0 Å². The van der Waals surface area contributed by atoms with Gasteiger partial charge in [-0.1, -0.05) is 242 Å². The smallest absolute Gasteiger partial charge is 0.306 e. The number of rotatable bonds is 55. The van der Waals surface area contributed by atoms with Crippen molar-refractivity contribution in [3.05, 3.63) is 158 Å². The molecule has 0 aromatic heterocycles. The minimum atomic E-state index is -4.66. The number of carbonyl (C=O) groups is 2. The zero-order valence-corrected chi connectivity index (χ0v) is 52.1. The average Bonchev–Trinajstić information content (AvgIpc) is 3.42.